The lowest BCUT2D eigenvalue weighted by Crippen LogP contribution is -2.65. The zero-order chi connectivity index (χ0) is 25.8. The Bertz CT molecular complexity index is 1490. The molecule has 0 fully saturated rings. The van der Waals surface area contributed by atoms with Crippen molar-refractivity contribution in [1.82, 2.24) is 4.98 Å². The third-order valence-electron chi connectivity index (χ3n) is 9.42. The van der Waals surface area contributed by atoms with Crippen LogP contribution in [0, 0.1) is 0 Å². The monoisotopic (exact) mass is 486 g/mol. The number of nitrogens with zero attached hydrogens (tertiary/aromatic N) is 3. The molecule has 3 aromatic carbocycles. The third-order valence-corrected chi connectivity index (χ3v) is 9.42. The first kappa shape index (κ1) is 23.7. The summed E-state index contributed by atoms with van der Waals surface area (Å²) < 4.78 is 2.49. The molecule has 3 heterocycles. The summed E-state index contributed by atoms with van der Waals surface area (Å²) in [5, 5.41) is 0. The summed E-state index contributed by atoms with van der Waals surface area (Å²) in [6.45, 7) is 7.37. The second-order valence-electron chi connectivity index (χ2n) is 11.4. The quantitative estimate of drug-likeness (QED) is 0.292. The van der Waals surface area contributed by atoms with Crippen LogP contribution >= 0.6 is 0 Å². The van der Waals surface area contributed by atoms with Crippen molar-refractivity contribution >= 4 is 17.2 Å². The van der Waals surface area contributed by atoms with Crippen LogP contribution in [0.4, 0.5) is 11.5 Å². The van der Waals surface area contributed by atoms with Crippen LogP contribution in [0.3, 0.4) is 0 Å². The lowest BCUT2D eigenvalue weighted by molar-refractivity contribution is -0.406. The molecular weight excluding hydrogens is 450 g/mol. The van der Waals surface area contributed by atoms with Gasteiger partial charge in [0.15, 0.2) is 5.71 Å². The van der Waals surface area contributed by atoms with Gasteiger partial charge < -0.3 is 4.90 Å². The second-order valence-corrected chi connectivity index (χ2v) is 11.4. The molecular formula is C34H36N3+. The average Bonchev–Trinajstić information content (AvgIpc) is 3.24. The Hall–Kier alpha value is -3.72. The van der Waals surface area contributed by atoms with E-state index in [0.717, 1.165) is 18.7 Å². The molecule has 0 aliphatic carbocycles. The fourth-order valence-corrected chi connectivity index (χ4v) is 7.53. The molecule has 2 aliphatic rings. The summed E-state index contributed by atoms with van der Waals surface area (Å²) in [6.07, 6.45) is 3.81. The Labute approximate surface area is 221 Å². The number of aromatic nitrogens is 1. The molecule has 3 heteroatoms. The predicted molar refractivity (Wildman–Crippen MR) is 153 cm³/mol. The topological polar surface area (TPSA) is 19.1 Å². The minimum atomic E-state index is -0.323. The maximum Gasteiger partial charge on any atom is 0.209 e. The molecule has 0 spiro atoms. The van der Waals surface area contributed by atoms with Crippen LogP contribution in [0.25, 0.3) is 0 Å². The minimum absolute atomic E-state index is 0.185. The number of anilines is 1. The number of hydrogen-bond acceptors (Lipinski definition) is 2. The number of rotatable bonds is 5. The first-order valence-corrected chi connectivity index (χ1v) is 13.3. The van der Waals surface area contributed by atoms with E-state index in [0.29, 0.717) is 0 Å². The van der Waals surface area contributed by atoms with Crippen molar-refractivity contribution in [1.29, 1.82) is 0 Å². The lowest BCUT2D eigenvalue weighted by atomic mass is 9.58. The molecule has 0 amide bonds. The molecule has 0 radical (unpaired) electrons. The smallest absolute Gasteiger partial charge is 0.209 e. The van der Waals surface area contributed by atoms with Crippen molar-refractivity contribution in [3.8, 4) is 0 Å². The molecule has 0 N–H and O–H groups in total. The second kappa shape index (κ2) is 8.41. The molecule has 2 aliphatic heterocycles. The maximum atomic E-state index is 4.94. The van der Waals surface area contributed by atoms with Crippen LogP contribution < -0.4 is 4.90 Å². The molecule has 3 nitrogen and oxygen atoms in total. The van der Waals surface area contributed by atoms with Crippen molar-refractivity contribution in [2.45, 2.75) is 50.0 Å². The Balaban J connectivity index is 1.61. The zero-order valence-corrected chi connectivity index (χ0v) is 22.6. The van der Waals surface area contributed by atoms with Gasteiger partial charge in [-0.1, -0.05) is 91.9 Å². The minimum Gasteiger partial charge on any atom is -0.344 e. The summed E-state index contributed by atoms with van der Waals surface area (Å²) in [5.41, 5.74) is 7.46. The van der Waals surface area contributed by atoms with E-state index < -0.39 is 0 Å². The fraction of sp³-hybridized carbons (Fsp3) is 0.294. The van der Waals surface area contributed by atoms with Gasteiger partial charge in [0.05, 0.1) is 5.41 Å². The SMILES string of the molecule is CN1c2ncccc2C(C)(Cc2ccccc2)C1(C)C1=[N+](C)c2ccccc2C1(C)Cc1ccccc1. The van der Waals surface area contributed by atoms with Crippen LogP contribution in [0.2, 0.25) is 0 Å². The van der Waals surface area contributed by atoms with Crippen molar-refractivity contribution < 1.29 is 4.58 Å². The highest BCUT2D eigenvalue weighted by Crippen LogP contribution is 2.57. The Morgan fingerprint density at radius 3 is 1.95 bits per heavy atom. The van der Waals surface area contributed by atoms with E-state index in [4.69, 9.17) is 4.98 Å². The van der Waals surface area contributed by atoms with Gasteiger partial charge in [-0.25, -0.2) is 4.98 Å². The molecule has 0 saturated heterocycles. The van der Waals surface area contributed by atoms with Gasteiger partial charge >= 0.3 is 0 Å². The van der Waals surface area contributed by atoms with Crippen LogP contribution in [-0.4, -0.2) is 34.9 Å². The number of benzene rings is 3. The average molecular weight is 487 g/mol. The molecule has 3 unspecified atom stereocenters. The van der Waals surface area contributed by atoms with E-state index >= 15 is 0 Å². The van der Waals surface area contributed by atoms with Crippen LogP contribution in [-0.2, 0) is 23.7 Å². The summed E-state index contributed by atoms with van der Waals surface area (Å²) >= 11 is 0. The molecule has 4 aromatic rings. The molecule has 0 bridgehead atoms. The largest absolute Gasteiger partial charge is 0.344 e. The van der Waals surface area contributed by atoms with Gasteiger partial charge in [-0.05, 0) is 43.9 Å². The third kappa shape index (κ3) is 3.26. The first-order valence-electron chi connectivity index (χ1n) is 13.3. The lowest BCUT2D eigenvalue weighted by Gasteiger charge is -2.47. The normalized spacial score (nSPS) is 26.4. The Morgan fingerprint density at radius 2 is 1.27 bits per heavy atom. The standard InChI is InChI=1S/C34H36N3/c1-32(23-25-15-8-6-9-16-25)27-19-12-13-21-29(27)36(4)31(32)34(3)33(2,24-26-17-10-7-11-18-26)28-20-14-22-35-30(28)37(34)5/h6-22H,23-24H2,1-5H3/q+1. The molecule has 6 rings (SSSR count). The van der Waals surface area contributed by atoms with Crippen LogP contribution in [0.15, 0.2) is 103 Å². The van der Waals surface area contributed by atoms with E-state index in [9.17, 15) is 0 Å². The highest BCUT2D eigenvalue weighted by Gasteiger charge is 2.67. The van der Waals surface area contributed by atoms with Gasteiger partial charge in [-0.3, -0.25) is 0 Å². The van der Waals surface area contributed by atoms with Gasteiger partial charge in [0.25, 0.3) is 0 Å². The van der Waals surface area contributed by atoms with Crippen LogP contribution in [0.1, 0.15) is 43.0 Å². The van der Waals surface area contributed by atoms with Crippen molar-refractivity contribution in [2.24, 2.45) is 0 Å². The summed E-state index contributed by atoms with van der Waals surface area (Å²) in [4.78, 5) is 7.41. The van der Waals surface area contributed by atoms with Gasteiger partial charge in [0.2, 0.25) is 5.69 Å². The van der Waals surface area contributed by atoms with Gasteiger partial charge in [-0.15, -0.1) is 0 Å². The van der Waals surface area contributed by atoms with E-state index in [2.05, 4.69) is 141 Å². The predicted octanol–water partition coefficient (Wildman–Crippen LogP) is 6.72. The van der Waals surface area contributed by atoms with Crippen molar-refractivity contribution in [2.75, 3.05) is 19.0 Å². The molecule has 186 valence electrons. The molecule has 37 heavy (non-hydrogen) atoms. The van der Waals surface area contributed by atoms with Crippen LogP contribution in [0.5, 0.6) is 0 Å². The fourth-order valence-electron chi connectivity index (χ4n) is 7.53. The highest BCUT2D eigenvalue weighted by molar-refractivity contribution is 6.07. The molecule has 1 aromatic heterocycles. The van der Waals surface area contributed by atoms with Crippen molar-refractivity contribution in [3.63, 3.8) is 0 Å². The number of hydrogen-bond donors (Lipinski definition) is 0. The van der Waals surface area contributed by atoms with E-state index in [1.807, 2.05) is 6.20 Å². The number of pyridine rings is 1. The summed E-state index contributed by atoms with van der Waals surface area (Å²) in [5.74, 6) is 1.09. The van der Waals surface area contributed by atoms with E-state index in [-0.39, 0.29) is 16.4 Å². The summed E-state index contributed by atoms with van der Waals surface area (Å²) in [6, 6.07) is 35.3. The Kier molecular flexibility index (Phi) is 5.38. The number of fused-ring (bicyclic) bond motifs is 2. The van der Waals surface area contributed by atoms with Gasteiger partial charge in [-0.2, -0.15) is 4.58 Å². The van der Waals surface area contributed by atoms with E-state index in [1.165, 1.54) is 33.7 Å². The number of likely N-dealkylation sites (N-methyl/N-ethyl adjacent to an activating group) is 1. The molecule has 0 saturated carbocycles. The number of para-hydroxylation sites is 1. The highest BCUT2D eigenvalue weighted by atomic mass is 15.3. The van der Waals surface area contributed by atoms with Gasteiger partial charge in [0, 0.05) is 35.9 Å². The van der Waals surface area contributed by atoms with E-state index in [1.54, 1.807) is 0 Å². The Morgan fingerprint density at radius 1 is 0.703 bits per heavy atom. The summed E-state index contributed by atoms with van der Waals surface area (Å²) in [7, 11) is 4.51. The maximum absolute atomic E-state index is 4.94. The van der Waals surface area contributed by atoms with Gasteiger partial charge in [0.1, 0.15) is 18.4 Å². The zero-order valence-electron chi connectivity index (χ0n) is 22.6. The van der Waals surface area contributed by atoms with Crippen molar-refractivity contribution in [3.05, 3.63) is 126 Å². The molecule has 3 atom stereocenters. The first-order chi connectivity index (χ1) is 17.8.